The first kappa shape index (κ1) is 15.7. The van der Waals surface area contributed by atoms with Gasteiger partial charge in [0.1, 0.15) is 5.69 Å². The third-order valence-electron chi connectivity index (χ3n) is 3.42. The Kier molecular flexibility index (Phi) is 5.54. The topological polar surface area (TPSA) is 64.2 Å². The van der Waals surface area contributed by atoms with E-state index in [0.717, 1.165) is 12.1 Å². The lowest BCUT2D eigenvalue weighted by molar-refractivity contribution is 0.0777. The second-order valence-corrected chi connectivity index (χ2v) is 5.41. The summed E-state index contributed by atoms with van der Waals surface area (Å²) < 4.78 is 1.75. The third kappa shape index (κ3) is 4.06. The van der Waals surface area contributed by atoms with Gasteiger partial charge in [-0.25, -0.2) is 0 Å². The molecule has 0 fully saturated rings. The Labute approximate surface area is 115 Å². The van der Waals surface area contributed by atoms with Gasteiger partial charge in [-0.1, -0.05) is 13.8 Å². The number of aryl methyl sites for hydroxylation is 2. The molecule has 2 N–H and O–H groups in total. The monoisotopic (exact) mass is 266 g/mol. The van der Waals surface area contributed by atoms with Crippen molar-refractivity contribution < 1.29 is 4.79 Å². The summed E-state index contributed by atoms with van der Waals surface area (Å²) in [5.41, 5.74) is 7.53. The Hall–Kier alpha value is -1.36. The molecule has 0 aromatic carbocycles. The van der Waals surface area contributed by atoms with E-state index in [1.807, 2.05) is 27.0 Å². The minimum atomic E-state index is 0.0124. The predicted molar refractivity (Wildman–Crippen MR) is 77.0 cm³/mol. The first-order valence-corrected chi connectivity index (χ1v) is 6.92. The maximum Gasteiger partial charge on any atom is 0.271 e. The van der Waals surface area contributed by atoms with Crippen molar-refractivity contribution in [3.05, 3.63) is 17.5 Å². The number of aromatic nitrogens is 2. The van der Waals surface area contributed by atoms with E-state index < -0.39 is 0 Å². The van der Waals surface area contributed by atoms with Crippen LogP contribution in [0.1, 0.15) is 43.4 Å². The molecule has 0 spiro atoms. The second-order valence-electron chi connectivity index (χ2n) is 5.41. The number of nitrogens with zero attached hydrogens (tertiary/aromatic N) is 3. The molecule has 0 saturated carbocycles. The highest BCUT2D eigenvalue weighted by Crippen LogP contribution is 2.09. The van der Waals surface area contributed by atoms with Crippen molar-refractivity contribution in [2.75, 3.05) is 13.6 Å². The van der Waals surface area contributed by atoms with Gasteiger partial charge < -0.3 is 10.6 Å². The first-order valence-electron chi connectivity index (χ1n) is 6.92. The van der Waals surface area contributed by atoms with Gasteiger partial charge >= 0.3 is 0 Å². The fourth-order valence-corrected chi connectivity index (χ4v) is 1.93. The molecule has 0 saturated heterocycles. The molecule has 0 aliphatic rings. The highest BCUT2D eigenvalue weighted by Gasteiger charge is 2.18. The number of carbonyl (C=O) groups excluding carboxylic acids is 1. The molecule has 0 radical (unpaired) electrons. The molecule has 1 aromatic heterocycles. The van der Waals surface area contributed by atoms with Crippen molar-refractivity contribution in [2.45, 2.75) is 46.7 Å². The molecule has 19 heavy (non-hydrogen) atoms. The Bertz CT molecular complexity index is 425. The molecule has 0 bridgehead atoms. The zero-order chi connectivity index (χ0) is 14.6. The van der Waals surface area contributed by atoms with Crippen LogP contribution >= 0.6 is 0 Å². The zero-order valence-corrected chi connectivity index (χ0v) is 12.7. The van der Waals surface area contributed by atoms with Crippen molar-refractivity contribution >= 4 is 5.91 Å². The first-order chi connectivity index (χ1) is 8.86. The Morgan fingerprint density at radius 2 is 2.16 bits per heavy atom. The molecular formula is C14H26N4O. The normalized spacial score (nSPS) is 12.8. The largest absolute Gasteiger partial charge is 0.340 e. The number of nitrogens with two attached hydrogens (primary N) is 1. The summed E-state index contributed by atoms with van der Waals surface area (Å²) in [7, 11) is 1.82. The van der Waals surface area contributed by atoms with Gasteiger partial charge in [0.05, 0.1) is 5.69 Å². The zero-order valence-electron chi connectivity index (χ0n) is 12.7. The molecule has 5 heteroatoms. The quantitative estimate of drug-likeness (QED) is 0.851. The van der Waals surface area contributed by atoms with Crippen LogP contribution in [0.4, 0.5) is 0 Å². The molecule has 1 rings (SSSR count). The molecule has 1 aromatic rings. The van der Waals surface area contributed by atoms with Gasteiger partial charge in [-0.2, -0.15) is 5.10 Å². The van der Waals surface area contributed by atoms with Gasteiger partial charge in [0.25, 0.3) is 5.91 Å². The maximum absolute atomic E-state index is 12.3. The van der Waals surface area contributed by atoms with Crippen LogP contribution in [0.2, 0.25) is 0 Å². The average molecular weight is 266 g/mol. The molecule has 1 atom stereocenters. The lowest BCUT2D eigenvalue weighted by Gasteiger charge is -2.21. The van der Waals surface area contributed by atoms with Gasteiger partial charge in [-0.3, -0.25) is 9.48 Å². The number of rotatable bonds is 6. The fraction of sp³-hybridized carbons (Fsp3) is 0.714. The number of carbonyl (C=O) groups is 1. The van der Waals surface area contributed by atoms with Gasteiger partial charge in [0.15, 0.2) is 0 Å². The Morgan fingerprint density at radius 3 is 2.68 bits per heavy atom. The summed E-state index contributed by atoms with van der Waals surface area (Å²) in [5.74, 6) is 0.449. The summed E-state index contributed by atoms with van der Waals surface area (Å²) in [5, 5.41) is 4.30. The molecule has 108 valence electrons. The van der Waals surface area contributed by atoms with E-state index in [1.54, 1.807) is 9.58 Å². The second kappa shape index (κ2) is 6.70. The molecule has 5 nitrogen and oxygen atoms in total. The number of amides is 1. The molecule has 0 aliphatic heterocycles. The van der Waals surface area contributed by atoms with Crippen molar-refractivity contribution in [3.63, 3.8) is 0 Å². The van der Waals surface area contributed by atoms with Crippen molar-refractivity contribution in [3.8, 4) is 0 Å². The summed E-state index contributed by atoms with van der Waals surface area (Å²) >= 11 is 0. The van der Waals surface area contributed by atoms with E-state index in [-0.39, 0.29) is 11.9 Å². The molecule has 1 amide bonds. The van der Waals surface area contributed by atoms with Gasteiger partial charge in [0, 0.05) is 26.2 Å². The third-order valence-corrected chi connectivity index (χ3v) is 3.42. The summed E-state index contributed by atoms with van der Waals surface area (Å²) in [6.07, 6.45) is 0.819. The molecule has 0 aliphatic carbocycles. The van der Waals surface area contributed by atoms with Gasteiger partial charge in [-0.05, 0) is 32.3 Å². The van der Waals surface area contributed by atoms with Crippen LogP contribution < -0.4 is 5.73 Å². The summed E-state index contributed by atoms with van der Waals surface area (Å²) in [4.78, 5) is 14.1. The summed E-state index contributed by atoms with van der Waals surface area (Å²) in [6, 6.07) is 1.97. The fourth-order valence-electron chi connectivity index (χ4n) is 1.93. The van der Waals surface area contributed by atoms with Gasteiger partial charge in [-0.15, -0.1) is 0 Å². The molecule has 1 heterocycles. The predicted octanol–water partition coefficient (Wildman–Crippen LogP) is 1.66. The van der Waals surface area contributed by atoms with Crippen LogP contribution in [0.5, 0.6) is 0 Å². The van der Waals surface area contributed by atoms with Crippen LogP contribution in [0.25, 0.3) is 0 Å². The van der Waals surface area contributed by atoms with Crippen molar-refractivity contribution in [2.24, 2.45) is 11.7 Å². The number of hydrogen-bond acceptors (Lipinski definition) is 3. The van der Waals surface area contributed by atoms with Crippen molar-refractivity contribution in [1.82, 2.24) is 14.7 Å². The summed E-state index contributed by atoms with van der Waals surface area (Å²) in [6.45, 7) is 9.46. The highest BCUT2D eigenvalue weighted by molar-refractivity contribution is 5.92. The van der Waals surface area contributed by atoms with Crippen LogP contribution in [0.15, 0.2) is 6.07 Å². The molecular weight excluding hydrogens is 240 g/mol. The Morgan fingerprint density at radius 1 is 1.53 bits per heavy atom. The van der Waals surface area contributed by atoms with E-state index in [0.29, 0.717) is 24.7 Å². The van der Waals surface area contributed by atoms with Crippen LogP contribution in [0, 0.1) is 12.8 Å². The molecule has 1 unspecified atom stereocenters. The standard InChI is InChI=1S/C14H26N4O/c1-6-18-13(9-11(4)16-18)14(19)17(5)8-7-12(15)10(2)3/h9-10,12H,6-8,15H2,1-5H3. The highest BCUT2D eigenvalue weighted by atomic mass is 16.2. The maximum atomic E-state index is 12.3. The van der Waals surface area contributed by atoms with Crippen LogP contribution in [0.3, 0.4) is 0 Å². The number of hydrogen-bond donors (Lipinski definition) is 1. The van der Waals surface area contributed by atoms with E-state index in [9.17, 15) is 4.79 Å². The SMILES string of the molecule is CCn1nc(C)cc1C(=O)N(C)CCC(N)C(C)C. The van der Waals surface area contributed by atoms with Crippen molar-refractivity contribution in [1.29, 1.82) is 0 Å². The minimum Gasteiger partial charge on any atom is -0.340 e. The van der Waals surface area contributed by atoms with Crippen LogP contribution in [-0.4, -0.2) is 40.2 Å². The van der Waals surface area contributed by atoms with E-state index in [1.165, 1.54) is 0 Å². The lowest BCUT2D eigenvalue weighted by Crippen LogP contribution is -2.35. The van der Waals surface area contributed by atoms with E-state index in [2.05, 4.69) is 18.9 Å². The van der Waals surface area contributed by atoms with E-state index in [4.69, 9.17) is 5.73 Å². The Balaban J connectivity index is 2.66. The van der Waals surface area contributed by atoms with E-state index >= 15 is 0 Å². The lowest BCUT2D eigenvalue weighted by atomic mass is 10.0. The average Bonchev–Trinajstić information content (AvgIpc) is 2.75. The van der Waals surface area contributed by atoms with Crippen LogP contribution in [-0.2, 0) is 6.54 Å². The smallest absolute Gasteiger partial charge is 0.271 e. The van der Waals surface area contributed by atoms with Gasteiger partial charge in [0.2, 0.25) is 0 Å². The minimum absolute atomic E-state index is 0.0124.